The third-order valence-electron chi connectivity index (χ3n) is 1.98. The molecule has 0 aliphatic rings. The van der Waals surface area contributed by atoms with Crippen molar-refractivity contribution < 1.29 is 9.31 Å². The van der Waals surface area contributed by atoms with Gasteiger partial charge in [0.2, 0.25) is 0 Å². The second kappa shape index (κ2) is 7.66. The maximum atomic E-state index is 5.41. The average Bonchev–Trinajstić information content (AvgIpc) is 2.29. The third kappa shape index (κ3) is 4.97. The Hall–Kier alpha value is -0.575. The molecule has 2 nitrogen and oxygen atoms in total. The Balaban J connectivity index is 2.58. The molecular weight excluding hydrogens is 267 g/mol. The molecule has 0 fully saturated rings. The van der Waals surface area contributed by atoms with E-state index in [0.29, 0.717) is 13.2 Å². The number of benzene rings is 1. The van der Waals surface area contributed by atoms with Crippen LogP contribution in [0.3, 0.4) is 0 Å². The second-order valence-electron chi connectivity index (χ2n) is 3.19. The summed E-state index contributed by atoms with van der Waals surface area (Å²) in [5.41, 5.74) is 1.13. The first-order valence-corrected chi connectivity index (χ1v) is 6.22. The van der Waals surface area contributed by atoms with Crippen molar-refractivity contribution in [2.75, 3.05) is 13.2 Å². The van der Waals surface area contributed by atoms with E-state index in [-0.39, 0.29) is 7.12 Å². The van der Waals surface area contributed by atoms with E-state index >= 15 is 0 Å². The summed E-state index contributed by atoms with van der Waals surface area (Å²) >= 11 is 3.40. The molecule has 0 aromatic heterocycles. The zero-order chi connectivity index (χ0) is 11.8. The number of hydrogen-bond acceptors (Lipinski definition) is 2. The lowest BCUT2D eigenvalue weighted by Gasteiger charge is -2.07. The molecule has 0 atom stereocenters. The van der Waals surface area contributed by atoms with Crippen molar-refractivity contribution in [2.45, 2.75) is 13.8 Å². The van der Waals surface area contributed by atoms with Gasteiger partial charge in [-0.25, -0.2) is 0 Å². The van der Waals surface area contributed by atoms with Crippen LogP contribution in [-0.4, -0.2) is 20.3 Å². The summed E-state index contributed by atoms with van der Waals surface area (Å²) in [5, 5.41) is 0. The van der Waals surface area contributed by atoms with Gasteiger partial charge in [0.1, 0.15) is 0 Å². The zero-order valence-corrected chi connectivity index (χ0v) is 11.2. The molecule has 0 bridgehead atoms. The van der Waals surface area contributed by atoms with E-state index in [1.165, 1.54) is 0 Å². The minimum Gasteiger partial charge on any atom is -0.408 e. The van der Waals surface area contributed by atoms with Crippen LogP contribution in [0.15, 0.2) is 34.7 Å². The van der Waals surface area contributed by atoms with Crippen LogP contribution in [0.4, 0.5) is 0 Å². The van der Waals surface area contributed by atoms with Crippen molar-refractivity contribution >= 4 is 29.1 Å². The fourth-order valence-corrected chi connectivity index (χ4v) is 1.52. The van der Waals surface area contributed by atoms with Gasteiger partial charge in [-0.3, -0.25) is 0 Å². The molecule has 0 aliphatic carbocycles. The minimum absolute atomic E-state index is 0.251. The highest BCUT2D eigenvalue weighted by Gasteiger charge is 2.11. The molecule has 0 unspecified atom stereocenters. The van der Waals surface area contributed by atoms with Crippen LogP contribution < -0.4 is 0 Å². The van der Waals surface area contributed by atoms with Crippen LogP contribution >= 0.6 is 15.9 Å². The van der Waals surface area contributed by atoms with Gasteiger partial charge in [0, 0.05) is 17.7 Å². The van der Waals surface area contributed by atoms with Crippen LogP contribution in [0.5, 0.6) is 0 Å². The Morgan fingerprint density at radius 1 is 1.12 bits per heavy atom. The Bertz CT molecular complexity index is 318. The zero-order valence-electron chi connectivity index (χ0n) is 9.65. The summed E-state index contributed by atoms with van der Waals surface area (Å²) in [6.45, 7) is 5.21. The largest absolute Gasteiger partial charge is 0.486 e. The Kier molecular flexibility index (Phi) is 6.46. The molecule has 0 saturated heterocycles. The summed E-state index contributed by atoms with van der Waals surface area (Å²) in [6.07, 6.45) is 2.00. The van der Waals surface area contributed by atoms with Gasteiger partial charge in [0.15, 0.2) is 0 Å². The second-order valence-corrected chi connectivity index (χ2v) is 4.11. The third-order valence-corrected chi connectivity index (χ3v) is 2.51. The van der Waals surface area contributed by atoms with E-state index in [2.05, 4.69) is 15.9 Å². The molecule has 0 saturated carbocycles. The van der Waals surface area contributed by atoms with E-state index in [1.807, 2.05) is 50.2 Å². The first kappa shape index (κ1) is 13.5. The van der Waals surface area contributed by atoms with Crippen molar-refractivity contribution in [3.05, 3.63) is 40.3 Å². The Morgan fingerprint density at radius 2 is 1.69 bits per heavy atom. The fourth-order valence-electron chi connectivity index (χ4n) is 1.25. The SMILES string of the molecule is CCOB(/C=C/c1ccc(Br)cc1)OCC. The van der Waals surface area contributed by atoms with E-state index in [0.717, 1.165) is 10.0 Å². The normalized spacial score (nSPS) is 10.9. The molecule has 0 N–H and O–H groups in total. The topological polar surface area (TPSA) is 18.5 Å². The summed E-state index contributed by atoms with van der Waals surface area (Å²) in [7, 11) is -0.251. The lowest BCUT2D eigenvalue weighted by molar-refractivity contribution is 0.224. The lowest BCUT2D eigenvalue weighted by atomic mass is 9.88. The molecule has 0 radical (unpaired) electrons. The molecule has 0 heterocycles. The average molecular weight is 283 g/mol. The first-order valence-electron chi connectivity index (χ1n) is 5.43. The molecule has 16 heavy (non-hydrogen) atoms. The van der Waals surface area contributed by atoms with Gasteiger partial charge >= 0.3 is 7.12 Å². The maximum Gasteiger partial charge on any atom is 0.486 e. The molecule has 0 amide bonds. The highest BCUT2D eigenvalue weighted by Crippen LogP contribution is 2.11. The van der Waals surface area contributed by atoms with E-state index in [1.54, 1.807) is 0 Å². The number of halogens is 1. The van der Waals surface area contributed by atoms with Gasteiger partial charge in [-0.15, -0.1) is 0 Å². The van der Waals surface area contributed by atoms with Gasteiger partial charge in [-0.2, -0.15) is 0 Å². The van der Waals surface area contributed by atoms with Crippen LogP contribution in [0.2, 0.25) is 0 Å². The van der Waals surface area contributed by atoms with E-state index in [4.69, 9.17) is 9.31 Å². The van der Waals surface area contributed by atoms with Gasteiger partial charge in [0.05, 0.1) is 0 Å². The molecular formula is C12H16BBrO2. The predicted molar refractivity (Wildman–Crippen MR) is 72.2 cm³/mol. The van der Waals surface area contributed by atoms with Gasteiger partial charge in [-0.05, 0) is 31.5 Å². The first-order chi connectivity index (χ1) is 7.76. The number of rotatable bonds is 6. The molecule has 4 heteroatoms. The predicted octanol–water partition coefficient (Wildman–Crippen LogP) is 3.56. The molecule has 0 aliphatic heterocycles. The summed E-state index contributed by atoms with van der Waals surface area (Å²) in [4.78, 5) is 0. The van der Waals surface area contributed by atoms with Gasteiger partial charge in [-0.1, -0.05) is 40.1 Å². The Labute approximate surface area is 106 Å². The Morgan fingerprint density at radius 3 is 2.19 bits per heavy atom. The van der Waals surface area contributed by atoms with Gasteiger partial charge < -0.3 is 9.31 Å². The van der Waals surface area contributed by atoms with Crippen molar-refractivity contribution in [2.24, 2.45) is 0 Å². The highest BCUT2D eigenvalue weighted by molar-refractivity contribution is 9.10. The van der Waals surface area contributed by atoms with Gasteiger partial charge in [0.25, 0.3) is 0 Å². The minimum atomic E-state index is -0.251. The van der Waals surface area contributed by atoms with E-state index in [9.17, 15) is 0 Å². The van der Waals surface area contributed by atoms with Crippen LogP contribution in [-0.2, 0) is 9.31 Å². The summed E-state index contributed by atoms with van der Waals surface area (Å²) < 4.78 is 11.9. The summed E-state index contributed by atoms with van der Waals surface area (Å²) in [5.74, 6) is 1.93. The number of hydrogen-bond donors (Lipinski definition) is 0. The quantitative estimate of drug-likeness (QED) is 0.743. The van der Waals surface area contributed by atoms with Crippen LogP contribution in [0.1, 0.15) is 19.4 Å². The highest BCUT2D eigenvalue weighted by atomic mass is 79.9. The molecule has 1 rings (SSSR count). The van der Waals surface area contributed by atoms with Crippen LogP contribution in [0.25, 0.3) is 6.08 Å². The molecule has 1 aromatic rings. The van der Waals surface area contributed by atoms with Crippen LogP contribution in [0, 0.1) is 0 Å². The fraction of sp³-hybridized carbons (Fsp3) is 0.333. The van der Waals surface area contributed by atoms with Crippen molar-refractivity contribution in [1.82, 2.24) is 0 Å². The van der Waals surface area contributed by atoms with Crippen molar-refractivity contribution in [3.63, 3.8) is 0 Å². The summed E-state index contributed by atoms with van der Waals surface area (Å²) in [6, 6.07) is 8.09. The maximum absolute atomic E-state index is 5.41. The molecule has 0 spiro atoms. The van der Waals surface area contributed by atoms with Crippen molar-refractivity contribution in [3.8, 4) is 0 Å². The molecule has 86 valence electrons. The smallest absolute Gasteiger partial charge is 0.408 e. The molecule has 1 aromatic carbocycles. The van der Waals surface area contributed by atoms with E-state index < -0.39 is 0 Å². The monoisotopic (exact) mass is 282 g/mol. The lowest BCUT2D eigenvalue weighted by Crippen LogP contribution is -2.20. The van der Waals surface area contributed by atoms with Crippen molar-refractivity contribution in [1.29, 1.82) is 0 Å². The standard InChI is InChI=1S/C12H16BBrO2/c1-3-15-13(16-4-2)10-9-11-5-7-12(14)8-6-11/h5-10H,3-4H2,1-2H3/b10-9+.